The lowest BCUT2D eigenvalue weighted by Crippen LogP contribution is -2.63. The molecule has 3 aliphatic carbocycles. The fraction of sp³-hybridized carbons (Fsp3) is 0.769. The van der Waals surface area contributed by atoms with Crippen LogP contribution in [0.1, 0.15) is 52.9 Å². The highest BCUT2D eigenvalue weighted by atomic mass is 16.7. The van der Waals surface area contributed by atoms with Crippen LogP contribution in [-0.2, 0) is 9.47 Å². The Balaban J connectivity index is 1.59. The van der Waals surface area contributed by atoms with E-state index in [2.05, 4.69) is 32.6 Å². The zero-order valence-electron chi connectivity index (χ0n) is 20.0. The molecule has 33 heavy (non-hydrogen) atoms. The van der Waals surface area contributed by atoms with Gasteiger partial charge < -0.3 is 35.0 Å². The molecule has 0 aromatic heterocycles. The number of allylic oxidation sites excluding steroid dienone is 3. The van der Waals surface area contributed by atoms with Crippen LogP contribution < -0.4 is 0 Å². The maximum Gasteiger partial charge on any atom is 0.228 e. The van der Waals surface area contributed by atoms with Gasteiger partial charge in [0.25, 0.3) is 0 Å². The van der Waals surface area contributed by atoms with Crippen LogP contribution in [0.2, 0.25) is 0 Å². The molecule has 0 amide bonds. The maximum absolute atomic E-state index is 11.1. The van der Waals surface area contributed by atoms with Crippen molar-refractivity contribution in [3.05, 3.63) is 36.1 Å². The maximum atomic E-state index is 11.1. The monoisotopic (exact) mass is 464 g/mol. The van der Waals surface area contributed by atoms with Crippen LogP contribution in [0.5, 0.6) is 0 Å². The first-order chi connectivity index (χ1) is 15.5. The van der Waals surface area contributed by atoms with Crippen LogP contribution >= 0.6 is 0 Å². The van der Waals surface area contributed by atoms with Gasteiger partial charge in [0.15, 0.2) is 0 Å². The Labute approximate surface area is 196 Å². The molecule has 4 rings (SSSR count). The van der Waals surface area contributed by atoms with E-state index >= 15 is 0 Å². The van der Waals surface area contributed by atoms with E-state index in [1.54, 1.807) is 0 Å². The van der Waals surface area contributed by atoms with Gasteiger partial charge in [-0.3, -0.25) is 0 Å². The Morgan fingerprint density at radius 3 is 2.61 bits per heavy atom. The highest BCUT2D eigenvalue weighted by Gasteiger charge is 2.61. The van der Waals surface area contributed by atoms with Gasteiger partial charge in [0.1, 0.15) is 24.6 Å². The normalized spacial score (nSPS) is 49.8. The van der Waals surface area contributed by atoms with Crippen molar-refractivity contribution in [2.24, 2.45) is 28.1 Å². The highest BCUT2D eigenvalue weighted by Crippen LogP contribution is 2.63. The Hall–Kier alpha value is -1.22. The van der Waals surface area contributed by atoms with Gasteiger partial charge in [-0.05, 0) is 60.8 Å². The van der Waals surface area contributed by atoms with Gasteiger partial charge in [0, 0.05) is 5.41 Å². The molecule has 0 bridgehead atoms. The summed E-state index contributed by atoms with van der Waals surface area (Å²) < 4.78 is 11.5. The lowest BCUT2D eigenvalue weighted by Gasteiger charge is -2.62. The summed E-state index contributed by atoms with van der Waals surface area (Å²) in [5.41, 5.74) is 0.534. The molecule has 7 nitrogen and oxygen atoms in total. The van der Waals surface area contributed by atoms with Crippen LogP contribution in [-0.4, -0.2) is 69.5 Å². The van der Waals surface area contributed by atoms with E-state index in [0.717, 1.165) is 25.7 Å². The van der Waals surface area contributed by atoms with Crippen LogP contribution in [0, 0.1) is 28.1 Å². The Bertz CT molecular complexity index is 823. The number of aliphatic hydroxyl groups excluding tert-OH is 5. The van der Waals surface area contributed by atoms with Crippen LogP contribution in [0.3, 0.4) is 0 Å². The molecule has 0 aromatic carbocycles. The smallest absolute Gasteiger partial charge is 0.228 e. The third-order valence-electron chi connectivity index (χ3n) is 9.21. The molecular weight excluding hydrogens is 424 g/mol. The van der Waals surface area contributed by atoms with Gasteiger partial charge in [0.2, 0.25) is 6.29 Å². The minimum atomic E-state index is -1.31. The van der Waals surface area contributed by atoms with Crippen molar-refractivity contribution in [1.82, 2.24) is 0 Å². The first-order valence-electron chi connectivity index (χ1n) is 12.1. The van der Waals surface area contributed by atoms with Gasteiger partial charge in [-0.25, -0.2) is 0 Å². The molecule has 0 aromatic rings. The Kier molecular flexibility index (Phi) is 6.62. The first-order valence-corrected chi connectivity index (χ1v) is 12.1. The van der Waals surface area contributed by atoms with Crippen LogP contribution in [0.4, 0.5) is 0 Å². The van der Waals surface area contributed by atoms with E-state index in [1.165, 1.54) is 11.6 Å². The summed E-state index contributed by atoms with van der Waals surface area (Å²) in [5.74, 6) is 0.520. The van der Waals surface area contributed by atoms with Crippen molar-refractivity contribution in [1.29, 1.82) is 0 Å². The summed E-state index contributed by atoms with van der Waals surface area (Å²) in [6.45, 7) is 10.1. The molecule has 10 unspecified atom stereocenters. The molecular formula is C26H40O7. The summed E-state index contributed by atoms with van der Waals surface area (Å²) >= 11 is 0. The average molecular weight is 465 g/mol. The third-order valence-corrected chi connectivity index (χ3v) is 9.21. The molecule has 1 aliphatic heterocycles. The fourth-order valence-electron chi connectivity index (χ4n) is 7.15. The van der Waals surface area contributed by atoms with Crippen molar-refractivity contribution < 1.29 is 35.0 Å². The number of fused-ring (bicyclic) bond motifs is 3. The molecule has 186 valence electrons. The Morgan fingerprint density at radius 1 is 1.21 bits per heavy atom. The molecule has 7 heteroatoms. The van der Waals surface area contributed by atoms with Crippen molar-refractivity contribution in [3.8, 4) is 0 Å². The van der Waals surface area contributed by atoms with Crippen molar-refractivity contribution in [2.75, 3.05) is 13.2 Å². The molecule has 2 fully saturated rings. The predicted molar refractivity (Wildman–Crippen MR) is 123 cm³/mol. The third kappa shape index (κ3) is 4.11. The highest BCUT2D eigenvalue weighted by molar-refractivity contribution is 5.26. The first kappa shape index (κ1) is 24.9. The summed E-state index contributed by atoms with van der Waals surface area (Å²) in [6, 6.07) is 0. The second-order valence-corrected chi connectivity index (χ2v) is 11.5. The molecule has 1 heterocycles. The Morgan fingerprint density at radius 2 is 1.94 bits per heavy atom. The van der Waals surface area contributed by atoms with E-state index in [4.69, 9.17) is 9.47 Å². The summed E-state index contributed by atoms with van der Waals surface area (Å²) in [4.78, 5) is 0. The average Bonchev–Trinajstić information content (AvgIpc) is 2.78. The minimum Gasteiger partial charge on any atom is -0.464 e. The van der Waals surface area contributed by atoms with Crippen molar-refractivity contribution in [2.45, 2.75) is 83.6 Å². The lowest BCUT2D eigenvalue weighted by atomic mass is 9.44. The number of ether oxygens (including phenoxy) is 2. The summed E-state index contributed by atoms with van der Waals surface area (Å²) in [5, 5.41) is 51.9. The molecule has 0 spiro atoms. The molecule has 2 saturated carbocycles. The largest absolute Gasteiger partial charge is 0.464 e. The van der Waals surface area contributed by atoms with Crippen LogP contribution in [0.25, 0.3) is 0 Å². The minimum absolute atomic E-state index is 0.0406. The number of hydrogen-bond acceptors (Lipinski definition) is 7. The van der Waals surface area contributed by atoms with Crippen molar-refractivity contribution in [3.63, 3.8) is 0 Å². The topological polar surface area (TPSA) is 120 Å². The molecule has 4 aliphatic rings. The van der Waals surface area contributed by atoms with E-state index in [1.807, 2.05) is 6.92 Å². The van der Waals surface area contributed by atoms with Gasteiger partial charge >= 0.3 is 0 Å². The van der Waals surface area contributed by atoms with Crippen LogP contribution in [0.15, 0.2) is 36.1 Å². The van der Waals surface area contributed by atoms with Crippen molar-refractivity contribution >= 4 is 0 Å². The van der Waals surface area contributed by atoms with Gasteiger partial charge in [-0.1, -0.05) is 38.5 Å². The SMILES string of the molecule is C=CC1(C)CCC2C(=CCC3C2(C)CC(O)C(O)C3(C)COC2OC(CO)=CC(O)C2O)C1. The standard InChI is InChI=1S/C26H40O7/c1-5-24(2)9-8-17-15(11-24)6-7-20-25(17,3)12-19(29)22(31)26(20,4)14-32-23-21(30)18(28)10-16(13-27)33-23/h5-6,10,17-23,27-31H,1,7-9,11-14H2,2-4H3. The fourth-order valence-corrected chi connectivity index (χ4v) is 7.15. The number of rotatable bonds is 5. The second-order valence-electron chi connectivity index (χ2n) is 11.5. The second kappa shape index (κ2) is 8.77. The van der Waals surface area contributed by atoms with Gasteiger partial charge in [-0.15, -0.1) is 6.58 Å². The van der Waals surface area contributed by atoms with E-state index < -0.39 is 42.7 Å². The molecule has 0 saturated heterocycles. The van der Waals surface area contributed by atoms with Gasteiger partial charge in [-0.2, -0.15) is 0 Å². The molecule has 0 radical (unpaired) electrons. The zero-order valence-corrected chi connectivity index (χ0v) is 20.0. The van der Waals surface area contributed by atoms with E-state index in [0.29, 0.717) is 12.3 Å². The zero-order chi connectivity index (χ0) is 24.2. The number of aliphatic hydroxyl groups is 5. The van der Waals surface area contributed by atoms with Gasteiger partial charge in [0.05, 0.1) is 18.8 Å². The van der Waals surface area contributed by atoms with E-state index in [9.17, 15) is 25.5 Å². The lowest BCUT2D eigenvalue weighted by molar-refractivity contribution is -0.253. The number of hydrogen-bond donors (Lipinski definition) is 5. The predicted octanol–water partition coefficient (Wildman–Crippen LogP) is 2.03. The van der Waals surface area contributed by atoms with E-state index in [-0.39, 0.29) is 29.1 Å². The summed E-state index contributed by atoms with van der Waals surface area (Å²) in [7, 11) is 0. The molecule has 10 atom stereocenters. The quantitative estimate of drug-likeness (QED) is 0.395. The summed E-state index contributed by atoms with van der Waals surface area (Å²) in [6.07, 6.45) is 4.41. The molecule has 5 N–H and O–H groups in total.